The molecule has 1 amide bonds. The van der Waals surface area contributed by atoms with Crippen LogP contribution in [0.25, 0.3) is 0 Å². The number of benzene rings is 2. The van der Waals surface area contributed by atoms with Crippen LogP contribution in [0.3, 0.4) is 0 Å². The highest BCUT2D eigenvalue weighted by Gasteiger charge is 2.26. The first-order valence-corrected chi connectivity index (χ1v) is 9.25. The number of rotatable bonds is 6. The van der Waals surface area contributed by atoms with Crippen LogP contribution >= 0.6 is 11.6 Å². The van der Waals surface area contributed by atoms with Crippen molar-refractivity contribution in [3.05, 3.63) is 68.5 Å². The van der Waals surface area contributed by atoms with E-state index in [0.29, 0.717) is 11.1 Å². The summed E-state index contributed by atoms with van der Waals surface area (Å²) < 4.78 is 13.7. The van der Waals surface area contributed by atoms with Gasteiger partial charge in [0.1, 0.15) is 11.5 Å². The molecule has 2 aromatic rings. The Labute approximate surface area is 166 Å². The van der Waals surface area contributed by atoms with Crippen LogP contribution in [0.1, 0.15) is 34.8 Å². The monoisotopic (exact) mass is 406 g/mol. The molecule has 0 aliphatic carbocycles. The molecule has 148 valence electrons. The molecule has 0 radical (unpaired) electrons. The fraction of sp³-hybridized carbons (Fsp3) is 0.316. The van der Waals surface area contributed by atoms with E-state index in [1.54, 1.807) is 6.07 Å². The molecule has 9 heteroatoms. The van der Waals surface area contributed by atoms with E-state index in [-0.39, 0.29) is 23.8 Å². The molecule has 1 saturated heterocycles. The van der Waals surface area contributed by atoms with Gasteiger partial charge < -0.3 is 11.1 Å². The van der Waals surface area contributed by atoms with Gasteiger partial charge in [-0.1, -0.05) is 23.7 Å². The van der Waals surface area contributed by atoms with Crippen LogP contribution in [-0.4, -0.2) is 35.4 Å². The van der Waals surface area contributed by atoms with Gasteiger partial charge in [-0.05, 0) is 49.7 Å². The molecule has 1 unspecified atom stereocenters. The van der Waals surface area contributed by atoms with E-state index in [1.807, 2.05) is 18.2 Å². The second kappa shape index (κ2) is 8.53. The molecule has 1 heterocycles. The maximum atomic E-state index is 13.7. The summed E-state index contributed by atoms with van der Waals surface area (Å²) in [5, 5.41) is 14.3. The zero-order chi connectivity index (χ0) is 20.3. The van der Waals surface area contributed by atoms with Gasteiger partial charge in [0.2, 0.25) is 0 Å². The number of nitrogens with one attached hydrogen (secondary N) is 1. The zero-order valence-electron chi connectivity index (χ0n) is 15.0. The van der Waals surface area contributed by atoms with Crippen molar-refractivity contribution in [2.45, 2.75) is 18.9 Å². The summed E-state index contributed by atoms with van der Waals surface area (Å²) in [5.41, 5.74) is 5.43. The predicted octanol–water partition coefficient (Wildman–Crippen LogP) is 3.54. The average molecular weight is 407 g/mol. The van der Waals surface area contributed by atoms with Gasteiger partial charge in [0, 0.05) is 11.6 Å². The minimum absolute atomic E-state index is 0.116. The minimum atomic E-state index is -0.892. The highest BCUT2D eigenvalue weighted by molar-refractivity contribution is 6.30. The van der Waals surface area contributed by atoms with Crippen molar-refractivity contribution in [2.75, 3.05) is 25.4 Å². The van der Waals surface area contributed by atoms with Gasteiger partial charge in [-0.15, -0.1) is 0 Å². The summed E-state index contributed by atoms with van der Waals surface area (Å²) in [4.78, 5) is 25.0. The van der Waals surface area contributed by atoms with Crippen LogP contribution in [0.5, 0.6) is 0 Å². The standard InChI is InChI=1S/C19H20ClFN4O3/c20-13-5-3-4-12(8-13)17(24-6-1-2-7-24)11-23-19(26)15-9-14(21)10-16(18(15)22)25(27)28/h3-5,8-10,17H,1-2,6-7,11,22H2,(H,23,26). The average Bonchev–Trinajstić information content (AvgIpc) is 3.17. The number of halogens is 2. The van der Waals surface area contributed by atoms with E-state index >= 15 is 0 Å². The number of carbonyl (C=O) groups is 1. The molecule has 0 spiro atoms. The number of amides is 1. The maximum Gasteiger partial charge on any atom is 0.295 e. The molecule has 0 saturated carbocycles. The van der Waals surface area contributed by atoms with E-state index in [4.69, 9.17) is 17.3 Å². The third-order valence-corrected chi connectivity index (χ3v) is 5.07. The number of nitrogens with two attached hydrogens (primary N) is 1. The highest BCUT2D eigenvalue weighted by Crippen LogP contribution is 2.28. The first-order valence-electron chi connectivity index (χ1n) is 8.88. The lowest BCUT2D eigenvalue weighted by Gasteiger charge is -2.28. The summed E-state index contributed by atoms with van der Waals surface area (Å²) in [6, 6.07) is 8.89. The Morgan fingerprint density at radius 1 is 1.32 bits per heavy atom. The Morgan fingerprint density at radius 2 is 2.04 bits per heavy atom. The van der Waals surface area contributed by atoms with Gasteiger partial charge in [0.25, 0.3) is 11.6 Å². The molecule has 1 aliphatic rings. The number of nitro benzene ring substituents is 1. The van der Waals surface area contributed by atoms with Crippen LogP contribution in [-0.2, 0) is 0 Å². The maximum absolute atomic E-state index is 13.7. The van der Waals surface area contributed by atoms with E-state index < -0.39 is 22.3 Å². The van der Waals surface area contributed by atoms with Crippen LogP contribution in [0.15, 0.2) is 36.4 Å². The summed E-state index contributed by atoms with van der Waals surface area (Å²) in [6.45, 7) is 2.02. The number of nitrogen functional groups attached to an aromatic ring is 1. The summed E-state index contributed by atoms with van der Waals surface area (Å²) in [7, 11) is 0. The van der Waals surface area contributed by atoms with Crippen LogP contribution in [0, 0.1) is 15.9 Å². The van der Waals surface area contributed by atoms with Crippen molar-refractivity contribution in [3.63, 3.8) is 0 Å². The van der Waals surface area contributed by atoms with Crippen molar-refractivity contribution in [3.8, 4) is 0 Å². The van der Waals surface area contributed by atoms with E-state index in [1.165, 1.54) is 0 Å². The number of nitro groups is 1. The SMILES string of the molecule is Nc1c(C(=O)NCC(c2cccc(Cl)c2)N2CCCC2)cc(F)cc1[N+](=O)[O-]. The van der Waals surface area contributed by atoms with Crippen molar-refractivity contribution >= 4 is 28.9 Å². The van der Waals surface area contributed by atoms with Gasteiger partial charge in [-0.2, -0.15) is 0 Å². The Morgan fingerprint density at radius 3 is 2.68 bits per heavy atom. The molecule has 1 atom stereocenters. The van der Waals surface area contributed by atoms with E-state index in [9.17, 15) is 19.3 Å². The topological polar surface area (TPSA) is 102 Å². The van der Waals surface area contributed by atoms with Gasteiger partial charge in [0.15, 0.2) is 0 Å². The molecule has 1 aliphatic heterocycles. The molecule has 0 bridgehead atoms. The number of hydrogen-bond acceptors (Lipinski definition) is 5. The van der Waals surface area contributed by atoms with Gasteiger partial charge >= 0.3 is 0 Å². The number of hydrogen-bond donors (Lipinski definition) is 2. The summed E-state index contributed by atoms with van der Waals surface area (Å²) in [5.74, 6) is -1.55. The lowest BCUT2D eigenvalue weighted by Crippen LogP contribution is -2.37. The molecule has 1 fully saturated rings. The Hall–Kier alpha value is -2.71. The molecule has 2 aromatic carbocycles. The third kappa shape index (κ3) is 4.40. The molecule has 3 rings (SSSR count). The number of likely N-dealkylation sites (tertiary alicyclic amines) is 1. The second-order valence-electron chi connectivity index (χ2n) is 6.67. The summed E-state index contributed by atoms with van der Waals surface area (Å²) >= 11 is 6.11. The Kier molecular flexibility index (Phi) is 6.11. The van der Waals surface area contributed by atoms with Crippen molar-refractivity contribution in [2.24, 2.45) is 0 Å². The lowest BCUT2D eigenvalue weighted by atomic mass is 10.0. The molecule has 7 nitrogen and oxygen atoms in total. The van der Waals surface area contributed by atoms with Crippen molar-refractivity contribution in [1.82, 2.24) is 10.2 Å². The Bertz CT molecular complexity index is 903. The summed E-state index contributed by atoms with van der Waals surface area (Å²) in [6.07, 6.45) is 2.13. The van der Waals surface area contributed by atoms with Crippen LogP contribution in [0.4, 0.5) is 15.8 Å². The third-order valence-electron chi connectivity index (χ3n) is 4.84. The molecular formula is C19H20ClFN4O3. The molecule has 3 N–H and O–H groups in total. The minimum Gasteiger partial charge on any atom is -0.393 e. The zero-order valence-corrected chi connectivity index (χ0v) is 15.8. The van der Waals surface area contributed by atoms with Gasteiger partial charge in [-0.3, -0.25) is 19.8 Å². The fourth-order valence-corrected chi connectivity index (χ4v) is 3.65. The molecule has 28 heavy (non-hydrogen) atoms. The van der Waals surface area contributed by atoms with E-state index in [0.717, 1.165) is 37.6 Å². The molecule has 0 aromatic heterocycles. The lowest BCUT2D eigenvalue weighted by molar-refractivity contribution is -0.384. The van der Waals surface area contributed by atoms with Crippen molar-refractivity contribution < 1.29 is 14.1 Å². The Balaban J connectivity index is 1.82. The second-order valence-corrected chi connectivity index (χ2v) is 7.10. The quantitative estimate of drug-likeness (QED) is 0.434. The van der Waals surface area contributed by atoms with Crippen LogP contribution in [0.2, 0.25) is 5.02 Å². The van der Waals surface area contributed by atoms with E-state index in [2.05, 4.69) is 10.2 Å². The normalized spacial score (nSPS) is 15.4. The number of carbonyl (C=O) groups excluding carboxylic acids is 1. The van der Waals surface area contributed by atoms with Gasteiger partial charge in [0.05, 0.1) is 22.6 Å². The number of anilines is 1. The van der Waals surface area contributed by atoms with Gasteiger partial charge in [-0.25, -0.2) is 4.39 Å². The van der Waals surface area contributed by atoms with Crippen molar-refractivity contribution in [1.29, 1.82) is 0 Å². The largest absolute Gasteiger partial charge is 0.393 e. The fourth-order valence-electron chi connectivity index (χ4n) is 3.45. The highest BCUT2D eigenvalue weighted by atomic mass is 35.5. The predicted molar refractivity (Wildman–Crippen MR) is 105 cm³/mol. The van der Waals surface area contributed by atoms with Crippen LogP contribution < -0.4 is 11.1 Å². The molecular weight excluding hydrogens is 387 g/mol. The smallest absolute Gasteiger partial charge is 0.295 e. The first kappa shape index (κ1) is 20.0. The number of nitrogens with zero attached hydrogens (tertiary/aromatic N) is 2. The first-order chi connectivity index (χ1) is 13.4.